The van der Waals surface area contributed by atoms with Crippen molar-refractivity contribution >= 4 is 37.7 Å². The number of hydrogen-bond acceptors (Lipinski definition) is 7. The molecule has 1 aromatic carbocycles. The van der Waals surface area contributed by atoms with Crippen molar-refractivity contribution < 1.29 is 17.6 Å². The van der Waals surface area contributed by atoms with Crippen LogP contribution in [0, 0.1) is 5.82 Å². The Kier molecular flexibility index (Phi) is 4.93. The molecule has 8 nitrogen and oxygen atoms in total. The third-order valence-electron chi connectivity index (χ3n) is 6.73. The number of nitrogens with two attached hydrogens (primary N) is 1. The molecule has 2 fully saturated rings. The molecule has 1 saturated carbocycles. The van der Waals surface area contributed by atoms with Gasteiger partial charge in [0.05, 0.1) is 17.5 Å². The summed E-state index contributed by atoms with van der Waals surface area (Å²) in [7, 11) is -3.58. The molecule has 1 spiro atoms. The number of halogens is 1. The fraction of sp³-hybridized carbons (Fsp3) is 0.429. The number of nitrogens with zero attached hydrogens (tertiary/aromatic N) is 2. The van der Waals surface area contributed by atoms with Crippen molar-refractivity contribution in [2.75, 3.05) is 11.1 Å². The van der Waals surface area contributed by atoms with Gasteiger partial charge in [-0.3, -0.25) is 14.5 Å². The van der Waals surface area contributed by atoms with E-state index in [-0.39, 0.29) is 17.0 Å². The molecule has 11 heteroatoms. The van der Waals surface area contributed by atoms with Crippen LogP contribution >= 0.6 is 11.3 Å². The van der Waals surface area contributed by atoms with Crippen LogP contribution in [0.4, 0.5) is 10.1 Å². The minimum absolute atomic E-state index is 0.146. The SMILES string of the molecule is C[C@@]1(c2cc(NC(=O)c3cn4ccsc4n3)ccc2F)CS(=O)(=O)C2(CCCC2)C(N)N1. The molecule has 3 aromatic rings. The van der Waals surface area contributed by atoms with Gasteiger partial charge >= 0.3 is 0 Å². The van der Waals surface area contributed by atoms with E-state index in [2.05, 4.69) is 15.6 Å². The number of carbonyl (C=O) groups is 1. The second kappa shape index (κ2) is 7.34. The highest BCUT2D eigenvalue weighted by atomic mass is 32.2. The molecule has 1 unspecified atom stereocenters. The molecular weight excluding hydrogens is 453 g/mol. The molecular formula is C21H24FN5O3S2. The standard InChI is InChI=1S/C21H24FN5O3S2/c1-20(12-32(29,30)21(18(23)26-20)6-2-3-7-21)14-10-13(4-5-15(14)22)24-17(28)16-11-27-8-9-31-19(27)25-16/h4-5,8-11,18,26H,2-3,6-7,12,23H2,1H3,(H,24,28)/t18?,20-/m0/s1. The molecule has 2 atom stereocenters. The maximum Gasteiger partial charge on any atom is 0.275 e. The lowest BCUT2D eigenvalue weighted by Gasteiger charge is -2.48. The number of carbonyl (C=O) groups excluding carboxylic acids is 1. The summed E-state index contributed by atoms with van der Waals surface area (Å²) in [5.74, 6) is -1.26. The van der Waals surface area contributed by atoms with Gasteiger partial charge in [-0.2, -0.15) is 0 Å². The molecule has 4 N–H and O–H groups in total. The third-order valence-corrected chi connectivity index (χ3v) is 10.4. The largest absolute Gasteiger partial charge is 0.321 e. The Hall–Kier alpha value is -2.34. The summed E-state index contributed by atoms with van der Waals surface area (Å²) >= 11 is 1.41. The number of aromatic nitrogens is 2. The van der Waals surface area contributed by atoms with Gasteiger partial charge in [-0.1, -0.05) is 12.8 Å². The van der Waals surface area contributed by atoms with Gasteiger partial charge in [0.15, 0.2) is 14.8 Å². The summed E-state index contributed by atoms with van der Waals surface area (Å²) < 4.78 is 42.3. The lowest BCUT2D eigenvalue weighted by atomic mass is 9.90. The topological polar surface area (TPSA) is 119 Å². The molecule has 1 amide bonds. The molecule has 170 valence electrons. The summed E-state index contributed by atoms with van der Waals surface area (Å²) in [4.78, 5) is 17.6. The van der Waals surface area contributed by atoms with E-state index in [1.807, 2.05) is 5.38 Å². The number of amides is 1. The highest BCUT2D eigenvalue weighted by molar-refractivity contribution is 7.93. The Balaban J connectivity index is 1.44. The smallest absolute Gasteiger partial charge is 0.275 e. The van der Waals surface area contributed by atoms with Gasteiger partial charge in [0.25, 0.3) is 5.91 Å². The highest BCUT2D eigenvalue weighted by Gasteiger charge is 2.58. The minimum atomic E-state index is -3.58. The first-order valence-electron chi connectivity index (χ1n) is 10.4. The van der Waals surface area contributed by atoms with Crippen molar-refractivity contribution in [1.82, 2.24) is 14.7 Å². The Morgan fingerprint density at radius 1 is 1.38 bits per heavy atom. The van der Waals surface area contributed by atoms with Crippen LogP contribution in [0.15, 0.2) is 36.0 Å². The zero-order chi connectivity index (χ0) is 22.7. The molecule has 1 aliphatic heterocycles. The van der Waals surface area contributed by atoms with Crippen LogP contribution in [0.2, 0.25) is 0 Å². The summed E-state index contributed by atoms with van der Waals surface area (Å²) in [6.07, 6.45) is 5.27. The van der Waals surface area contributed by atoms with Crippen molar-refractivity contribution in [2.45, 2.75) is 49.1 Å². The van der Waals surface area contributed by atoms with Crippen molar-refractivity contribution in [3.63, 3.8) is 0 Å². The number of sulfone groups is 1. The first kappa shape index (κ1) is 21.5. The van der Waals surface area contributed by atoms with E-state index in [1.165, 1.54) is 29.5 Å². The average molecular weight is 478 g/mol. The van der Waals surface area contributed by atoms with E-state index in [0.717, 1.165) is 12.8 Å². The number of imidazole rings is 1. The van der Waals surface area contributed by atoms with Gasteiger partial charge in [-0.05, 0) is 38.0 Å². The van der Waals surface area contributed by atoms with Crippen LogP contribution in [0.25, 0.3) is 4.96 Å². The molecule has 3 heterocycles. The van der Waals surface area contributed by atoms with Crippen molar-refractivity contribution in [1.29, 1.82) is 0 Å². The Labute approximate surface area is 188 Å². The number of nitrogens with one attached hydrogen (secondary N) is 2. The summed E-state index contributed by atoms with van der Waals surface area (Å²) in [6.45, 7) is 1.64. The molecule has 2 aliphatic rings. The van der Waals surface area contributed by atoms with E-state index < -0.39 is 38.0 Å². The van der Waals surface area contributed by atoms with Crippen molar-refractivity contribution in [3.8, 4) is 0 Å². The van der Waals surface area contributed by atoms with Crippen LogP contribution < -0.4 is 16.4 Å². The van der Waals surface area contributed by atoms with E-state index in [9.17, 15) is 17.6 Å². The number of rotatable bonds is 3. The number of fused-ring (bicyclic) bond motifs is 1. The van der Waals surface area contributed by atoms with Crippen LogP contribution in [0.5, 0.6) is 0 Å². The quantitative estimate of drug-likeness (QED) is 0.534. The number of benzene rings is 1. The Morgan fingerprint density at radius 2 is 2.12 bits per heavy atom. The zero-order valence-electron chi connectivity index (χ0n) is 17.5. The first-order valence-corrected chi connectivity index (χ1v) is 13.0. The summed E-state index contributed by atoms with van der Waals surface area (Å²) in [5, 5.41) is 7.79. The molecule has 5 rings (SSSR count). The fourth-order valence-electron chi connectivity index (χ4n) is 5.04. The van der Waals surface area contributed by atoms with E-state index in [1.54, 1.807) is 23.7 Å². The maximum absolute atomic E-state index is 14.9. The van der Waals surface area contributed by atoms with Crippen molar-refractivity contribution in [2.24, 2.45) is 5.73 Å². The Bertz CT molecular complexity index is 1280. The molecule has 0 radical (unpaired) electrons. The number of hydrogen-bond donors (Lipinski definition) is 3. The predicted octanol–water partition coefficient (Wildman–Crippen LogP) is 2.62. The van der Waals surface area contributed by atoms with Crippen LogP contribution in [-0.4, -0.2) is 40.4 Å². The second-order valence-corrected chi connectivity index (χ2v) is 12.1. The molecule has 32 heavy (non-hydrogen) atoms. The van der Waals surface area contributed by atoms with E-state index in [4.69, 9.17) is 5.73 Å². The fourth-order valence-corrected chi connectivity index (χ4v) is 8.39. The van der Waals surface area contributed by atoms with Crippen LogP contribution in [0.1, 0.15) is 48.7 Å². The van der Waals surface area contributed by atoms with E-state index >= 15 is 0 Å². The monoisotopic (exact) mass is 477 g/mol. The predicted molar refractivity (Wildman–Crippen MR) is 121 cm³/mol. The van der Waals surface area contributed by atoms with Gasteiger partial charge in [0.2, 0.25) is 0 Å². The molecule has 2 aromatic heterocycles. The molecule has 1 saturated heterocycles. The lowest BCUT2D eigenvalue weighted by Crippen LogP contribution is -2.71. The molecule has 0 bridgehead atoms. The highest BCUT2D eigenvalue weighted by Crippen LogP contribution is 2.45. The van der Waals surface area contributed by atoms with Crippen LogP contribution in [-0.2, 0) is 15.4 Å². The first-order chi connectivity index (χ1) is 15.1. The van der Waals surface area contributed by atoms with Gasteiger partial charge in [-0.25, -0.2) is 17.8 Å². The summed E-state index contributed by atoms with van der Waals surface area (Å²) in [5.41, 5.74) is 5.84. The van der Waals surface area contributed by atoms with Crippen LogP contribution in [0.3, 0.4) is 0 Å². The van der Waals surface area contributed by atoms with Gasteiger partial charge in [0.1, 0.15) is 16.3 Å². The molecule has 1 aliphatic carbocycles. The lowest BCUT2D eigenvalue weighted by molar-refractivity contribution is 0.102. The van der Waals surface area contributed by atoms with E-state index in [0.29, 0.717) is 23.5 Å². The average Bonchev–Trinajstić information content (AvgIpc) is 3.44. The van der Waals surface area contributed by atoms with Gasteiger partial charge in [0, 0.05) is 29.0 Å². The Morgan fingerprint density at radius 3 is 2.81 bits per heavy atom. The number of anilines is 1. The second-order valence-electron chi connectivity index (χ2n) is 8.85. The van der Waals surface area contributed by atoms with Gasteiger partial charge < -0.3 is 11.1 Å². The summed E-state index contributed by atoms with van der Waals surface area (Å²) in [6, 6.07) is 4.13. The maximum atomic E-state index is 14.9. The third kappa shape index (κ3) is 3.26. The van der Waals surface area contributed by atoms with Crippen molar-refractivity contribution in [3.05, 3.63) is 53.0 Å². The minimum Gasteiger partial charge on any atom is -0.321 e. The zero-order valence-corrected chi connectivity index (χ0v) is 19.1. The van der Waals surface area contributed by atoms with Gasteiger partial charge in [-0.15, -0.1) is 11.3 Å². The normalized spacial score (nSPS) is 26.5. The number of thiazole rings is 1.